The average Bonchev–Trinajstić information content (AvgIpc) is 2.81. The number of anilines is 1. The summed E-state index contributed by atoms with van der Waals surface area (Å²) in [6.45, 7) is 0.372. The molecule has 0 radical (unpaired) electrons. The van der Waals surface area contributed by atoms with Crippen LogP contribution in [0.25, 0.3) is 0 Å². The summed E-state index contributed by atoms with van der Waals surface area (Å²) >= 11 is 7.24. The molecule has 3 aromatic rings. The number of hydrogen-bond acceptors (Lipinski definition) is 4. The molecule has 4 rings (SSSR count). The fraction of sp³-hybridized carbons (Fsp3) is 0.160. The zero-order valence-electron chi connectivity index (χ0n) is 17.6. The van der Waals surface area contributed by atoms with Gasteiger partial charge >= 0.3 is 0 Å². The van der Waals surface area contributed by atoms with Crippen molar-refractivity contribution < 1.29 is 14.0 Å². The first-order valence-electron chi connectivity index (χ1n) is 10.4. The third-order valence-electron chi connectivity index (χ3n) is 5.06. The lowest BCUT2D eigenvalue weighted by Gasteiger charge is -2.32. The van der Waals surface area contributed by atoms with E-state index in [9.17, 15) is 14.0 Å². The lowest BCUT2D eigenvalue weighted by molar-refractivity contribution is -0.129. The van der Waals surface area contributed by atoms with Crippen LogP contribution in [0, 0.1) is 5.82 Å². The number of benzene rings is 3. The van der Waals surface area contributed by atoms with Crippen LogP contribution in [-0.2, 0) is 16.0 Å². The highest BCUT2D eigenvalue weighted by atomic mass is 35.5. The number of carbonyl (C=O) groups is 2. The van der Waals surface area contributed by atoms with Crippen LogP contribution < -0.4 is 5.32 Å². The fourth-order valence-corrected chi connectivity index (χ4v) is 4.57. The standard InChI is InChI=1S/C25H21ClFN3O2S/c26-18-8-12-21(13-9-18)29-25-30(15-14-17-6-10-19(27)11-7-17)23(31)16-22(33-25)24(32)28-20-4-2-1-3-5-20/h1-13,22H,14-16H2,(H,28,32)/t22-/m0/s1. The number of carbonyl (C=O) groups excluding carboxylic acids is 2. The van der Waals surface area contributed by atoms with Gasteiger partial charge in [-0.1, -0.05) is 53.7 Å². The zero-order chi connectivity index (χ0) is 23.2. The van der Waals surface area contributed by atoms with Gasteiger partial charge in [0.15, 0.2) is 5.17 Å². The maximum Gasteiger partial charge on any atom is 0.238 e. The van der Waals surface area contributed by atoms with Crippen molar-refractivity contribution >= 4 is 51.7 Å². The first-order valence-corrected chi connectivity index (χ1v) is 11.7. The van der Waals surface area contributed by atoms with Crippen LogP contribution >= 0.6 is 23.4 Å². The molecule has 2 amide bonds. The number of nitrogens with zero attached hydrogens (tertiary/aromatic N) is 2. The highest BCUT2D eigenvalue weighted by molar-refractivity contribution is 8.15. The summed E-state index contributed by atoms with van der Waals surface area (Å²) < 4.78 is 13.2. The van der Waals surface area contributed by atoms with E-state index >= 15 is 0 Å². The molecule has 1 atom stereocenters. The molecule has 0 aromatic heterocycles. The molecule has 1 N–H and O–H groups in total. The summed E-state index contributed by atoms with van der Waals surface area (Å²) in [7, 11) is 0. The summed E-state index contributed by atoms with van der Waals surface area (Å²) in [4.78, 5) is 32.2. The van der Waals surface area contributed by atoms with E-state index in [4.69, 9.17) is 11.6 Å². The van der Waals surface area contributed by atoms with Crippen LogP contribution in [0.4, 0.5) is 15.8 Å². The molecule has 0 spiro atoms. The predicted molar refractivity (Wildman–Crippen MR) is 131 cm³/mol. The molecule has 0 unspecified atom stereocenters. The number of nitrogens with one attached hydrogen (secondary N) is 1. The smallest absolute Gasteiger partial charge is 0.238 e. The lowest BCUT2D eigenvalue weighted by atomic mass is 10.1. The number of para-hydroxylation sites is 1. The van der Waals surface area contributed by atoms with E-state index in [1.165, 1.54) is 23.9 Å². The van der Waals surface area contributed by atoms with Crippen LogP contribution in [0.3, 0.4) is 0 Å². The van der Waals surface area contributed by atoms with Gasteiger partial charge < -0.3 is 5.32 Å². The van der Waals surface area contributed by atoms with Gasteiger partial charge in [-0.05, 0) is 60.5 Å². The Hall–Kier alpha value is -3.16. The highest BCUT2D eigenvalue weighted by Gasteiger charge is 2.35. The second kappa shape index (κ2) is 10.6. The molecule has 168 valence electrons. The van der Waals surface area contributed by atoms with Crippen molar-refractivity contribution in [2.24, 2.45) is 4.99 Å². The van der Waals surface area contributed by atoms with Crippen LogP contribution in [0.5, 0.6) is 0 Å². The van der Waals surface area contributed by atoms with Crippen LogP contribution in [0.15, 0.2) is 83.9 Å². The monoisotopic (exact) mass is 481 g/mol. The normalized spacial score (nSPS) is 17.3. The van der Waals surface area contributed by atoms with Gasteiger partial charge in [0.1, 0.15) is 11.1 Å². The average molecular weight is 482 g/mol. The van der Waals surface area contributed by atoms with Crippen molar-refractivity contribution in [1.82, 2.24) is 4.90 Å². The van der Waals surface area contributed by atoms with Gasteiger partial charge in [-0.3, -0.25) is 14.5 Å². The molecule has 33 heavy (non-hydrogen) atoms. The Morgan fingerprint density at radius 1 is 1.06 bits per heavy atom. The first-order chi connectivity index (χ1) is 16.0. The molecular formula is C25H21ClFN3O2S. The molecule has 1 aliphatic heterocycles. The number of hydrogen-bond donors (Lipinski definition) is 1. The number of thioether (sulfide) groups is 1. The Balaban J connectivity index is 1.54. The van der Waals surface area contributed by atoms with Crippen LogP contribution in [0.1, 0.15) is 12.0 Å². The first kappa shape index (κ1) is 23.0. The van der Waals surface area contributed by atoms with Crippen molar-refractivity contribution in [1.29, 1.82) is 0 Å². The maximum absolute atomic E-state index is 13.2. The largest absolute Gasteiger partial charge is 0.325 e. The van der Waals surface area contributed by atoms with Crippen molar-refractivity contribution in [3.05, 3.63) is 95.3 Å². The van der Waals surface area contributed by atoms with E-state index in [0.717, 1.165) is 5.56 Å². The summed E-state index contributed by atoms with van der Waals surface area (Å²) in [5.41, 5.74) is 2.21. The van der Waals surface area contributed by atoms with E-state index in [-0.39, 0.29) is 24.1 Å². The van der Waals surface area contributed by atoms with Crippen molar-refractivity contribution in [3.63, 3.8) is 0 Å². The van der Waals surface area contributed by atoms with Crippen molar-refractivity contribution in [2.75, 3.05) is 11.9 Å². The summed E-state index contributed by atoms with van der Waals surface area (Å²) in [6.07, 6.45) is 0.597. The Labute approximate surface area is 200 Å². The topological polar surface area (TPSA) is 61.8 Å². The van der Waals surface area contributed by atoms with Gasteiger partial charge in [-0.25, -0.2) is 9.38 Å². The second-order valence-electron chi connectivity index (χ2n) is 7.46. The molecule has 5 nitrogen and oxygen atoms in total. The van der Waals surface area contributed by atoms with E-state index in [0.29, 0.717) is 34.5 Å². The summed E-state index contributed by atoms with van der Waals surface area (Å²) in [6, 6.07) is 22.3. The number of amidine groups is 1. The molecule has 0 saturated carbocycles. The number of aliphatic imine (C=N–C) groups is 1. The quantitative estimate of drug-likeness (QED) is 0.492. The molecule has 1 aliphatic rings. The van der Waals surface area contributed by atoms with Crippen molar-refractivity contribution in [3.8, 4) is 0 Å². The van der Waals surface area contributed by atoms with Gasteiger partial charge in [0.05, 0.1) is 5.69 Å². The van der Waals surface area contributed by atoms with E-state index in [1.807, 2.05) is 18.2 Å². The summed E-state index contributed by atoms with van der Waals surface area (Å²) in [5, 5.41) is 3.29. The zero-order valence-corrected chi connectivity index (χ0v) is 19.2. The van der Waals surface area contributed by atoms with Gasteiger partial charge in [0.25, 0.3) is 0 Å². The molecule has 3 aromatic carbocycles. The SMILES string of the molecule is O=C(Nc1ccccc1)[C@@H]1CC(=O)N(CCc2ccc(F)cc2)C(=Nc2ccc(Cl)cc2)S1. The Bertz CT molecular complexity index is 1150. The number of rotatable bonds is 6. The molecule has 0 bridgehead atoms. The van der Waals surface area contributed by atoms with E-state index in [1.54, 1.807) is 53.4 Å². The van der Waals surface area contributed by atoms with Gasteiger partial charge in [-0.15, -0.1) is 0 Å². The lowest BCUT2D eigenvalue weighted by Crippen LogP contribution is -2.46. The van der Waals surface area contributed by atoms with E-state index < -0.39 is 5.25 Å². The summed E-state index contributed by atoms with van der Waals surface area (Å²) in [5.74, 6) is -0.737. The molecule has 0 aliphatic carbocycles. The molecule has 8 heteroatoms. The minimum atomic E-state index is -0.606. The van der Waals surface area contributed by atoms with Crippen LogP contribution in [0.2, 0.25) is 5.02 Å². The second-order valence-corrected chi connectivity index (χ2v) is 9.06. The molecular weight excluding hydrogens is 461 g/mol. The fourth-order valence-electron chi connectivity index (χ4n) is 3.32. The van der Waals surface area contributed by atoms with Crippen molar-refractivity contribution in [2.45, 2.75) is 18.1 Å². The third kappa shape index (κ3) is 6.21. The number of halogens is 2. The maximum atomic E-state index is 13.2. The Morgan fingerprint density at radius 2 is 1.76 bits per heavy atom. The Kier molecular flexibility index (Phi) is 7.42. The molecule has 1 heterocycles. The van der Waals surface area contributed by atoms with Gasteiger partial charge in [0.2, 0.25) is 11.8 Å². The minimum Gasteiger partial charge on any atom is -0.325 e. The third-order valence-corrected chi connectivity index (χ3v) is 6.50. The Morgan fingerprint density at radius 3 is 2.45 bits per heavy atom. The molecule has 1 fully saturated rings. The predicted octanol–water partition coefficient (Wildman–Crippen LogP) is 5.68. The van der Waals surface area contributed by atoms with Crippen LogP contribution in [-0.4, -0.2) is 33.7 Å². The van der Waals surface area contributed by atoms with Gasteiger partial charge in [-0.2, -0.15) is 0 Å². The number of amides is 2. The van der Waals surface area contributed by atoms with Gasteiger partial charge in [0, 0.05) is 23.7 Å². The van der Waals surface area contributed by atoms with E-state index in [2.05, 4.69) is 10.3 Å². The minimum absolute atomic E-state index is 0.0619. The highest BCUT2D eigenvalue weighted by Crippen LogP contribution is 2.30. The molecule has 1 saturated heterocycles.